The smallest absolute Gasteiger partial charge is 0.407 e. The topological polar surface area (TPSA) is 129 Å². The molecule has 0 aromatic rings. The first-order valence-corrected chi connectivity index (χ1v) is 11.7. The molecule has 0 saturated carbocycles. The number of nitrogens with one attached hydrogen (secondary N) is 2. The molecule has 2 unspecified atom stereocenters. The Kier molecular flexibility index (Phi) is 13.1. The van der Waals surface area contributed by atoms with E-state index in [9.17, 15) is 19.2 Å². The van der Waals surface area contributed by atoms with E-state index in [1.807, 2.05) is 20.8 Å². The first kappa shape index (κ1) is 32.0. The second-order valence-corrected chi connectivity index (χ2v) is 9.39. The maximum Gasteiger partial charge on any atom is 0.407 e. The van der Waals surface area contributed by atoms with Gasteiger partial charge in [-0.2, -0.15) is 0 Å². The van der Waals surface area contributed by atoms with Crippen molar-refractivity contribution in [3.05, 3.63) is 24.3 Å². The van der Waals surface area contributed by atoms with Crippen LogP contribution >= 0.6 is 0 Å². The third-order valence-corrected chi connectivity index (χ3v) is 5.19. The van der Waals surface area contributed by atoms with Crippen molar-refractivity contribution in [1.82, 2.24) is 10.6 Å². The highest BCUT2D eigenvalue weighted by Gasteiger charge is 2.51. The Morgan fingerprint density at radius 2 is 1.31 bits per heavy atom. The van der Waals surface area contributed by atoms with Crippen molar-refractivity contribution in [2.24, 2.45) is 11.3 Å². The lowest BCUT2D eigenvalue weighted by Gasteiger charge is -2.45. The van der Waals surface area contributed by atoms with Crippen LogP contribution < -0.4 is 10.6 Å². The summed E-state index contributed by atoms with van der Waals surface area (Å²) in [6, 6.07) is -1.01. The number of hydrogen-bond acceptors (Lipinski definition) is 8. The summed E-state index contributed by atoms with van der Waals surface area (Å²) in [5.74, 6) is -3.44. The minimum Gasteiger partial charge on any atom is -0.450 e. The Labute approximate surface area is 208 Å². The SMILES string of the molecule is C=C(C)C(=O)OC(C)(OC(=O)C(=C)C)C(NC(=O)OCC)C(C)(C)CC(C)CCNC(=O)OCC. The highest BCUT2D eigenvalue weighted by molar-refractivity contribution is 5.89. The third-order valence-electron chi connectivity index (χ3n) is 5.19. The van der Waals surface area contributed by atoms with Gasteiger partial charge in [-0.25, -0.2) is 19.2 Å². The first-order chi connectivity index (χ1) is 16.1. The number of carbonyl (C=O) groups is 4. The monoisotopic (exact) mass is 498 g/mol. The fraction of sp³-hybridized carbons (Fsp3) is 0.680. The van der Waals surface area contributed by atoms with Crippen LogP contribution in [-0.2, 0) is 28.5 Å². The van der Waals surface area contributed by atoms with E-state index in [-0.39, 0.29) is 30.3 Å². The van der Waals surface area contributed by atoms with Gasteiger partial charge in [0.1, 0.15) is 6.04 Å². The molecule has 10 nitrogen and oxygen atoms in total. The summed E-state index contributed by atoms with van der Waals surface area (Å²) in [5, 5.41) is 5.40. The molecular weight excluding hydrogens is 456 g/mol. The molecule has 0 saturated heterocycles. The highest BCUT2D eigenvalue weighted by atomic mass is 16.7. The molecule has 0 rings (SSSR count). The number of alkyl carbamates (subject to hydrolysis) is 2. The molecule has 2 N–H and O–H groups in total. The molecule has 0 bridgehead atoms. The van der Waals surface area contributed by atoms with E-state index in [4.69, 9.17) is 18.9 Å². The average molecular weight is 499 g/mol. The second-order valence-electron chi connectivity index (χ2n) is 9.39. The zero-order valence-corrected chi connectivity index (χ0v) is 22.4. The number of carbonyl (C=O) groups excluding carboxylic acids is 4. The summed E-state index contributed by atoms with van der Waals surface area (Å²) < 4.78 is 21.1. The predicted octanol–water partition coefficient (Wildman–Crippen LogP) is 4.24. The number of rotatable bonds is 14. The van der Waals surface area contributed by atoms with E-state index >= 15 is 0 Å². The van der Waals surface area contributed by atoms with Crippen molar-refractivity contribution >= 4 is 24.1 Å². The van der Waals surface area contributed by atoms with Gasteiger partial charge in [-0.3, -0.25) is 0 Å². The van der Waals surface area contributed by atoms with Crippen LogP contribution in [0.1, 0.15) is 68.2 Å². The lowest BCUT2D eigenvalue weighted by molar-refractivity contribution is -0.237. The Morgan fingerprint density at radius 3 is 1.74 bits per heavy atom. The van der Waals surface area contributed by atoms with Gasteiger partial charge in [-0.1, -0.05) is 33.9 Å². The van der Waals surface area contributed by atoms with Crippen LogP contribution in [0.25, 0.3) is 0 Å². The fourth-order valence-corrected chi connectivity index (χ4v) is 3.73. The fourth-order valence-electron chi connectivity index (χ4n) is 3.73. The maximum atomic E-state index is 12.5. The van der Waals surface area contributed by atoms with Crippen LogP contribution in [0.4, 0.5) is 9.59 Å². The molecule has 0 fully saturated rings. The van der Waals surface area contributed by atoms with Crippen LogP contribution in [0, 0.1) is 11.3 Å². The molecule has 2 amide bonds. The van der Waals surface area contributed by atoms with Gasteiger partial charge in [-0.05, 0) is 51.9 Å². The van der Waals surface area contributed by atoms with E-state index < -0.39 is 41.4 Å². The normalized spacial score (nSPS) is 13.0. The molecular formula is C25H42N2O8. The molecule has 0 aromatic heterocycles. The van der Waals surface area contributed by atoms with Crippen LogP contribution in [-0.4, -0.2) is 55.7 Å². The Balaban J connectivity index is 6.04. The van der Waals surface area contributed by atoms with Crippen molar-refractivity contribution in [2.45, 2.75) is 80.1 Å². The molecule has 0 aromatic carbocycles. The molecule has 0 spiro atoms. The maximum absolute atomic E-state index is 12.5. The molecule has 10 heteroatoms. The summed E-state index contributed by atoms with van der Waals surface area (Å²) in [6.07, 6.45) is -0.139. The van der Waals surface area contributed by atoms with Crippen molar-refractivity contribution in [3.8, 4) is 0 Å². The summed E-state index contributed by atoms with van der Waals surface area (Å²) in [6.45, 7) is 21.3. The van der Waals surface area contributed by atoms with Gasteiger partial charge in [0.2, 0.25) is 0 Å². The summed E-state index contributed by atoms with van der Waals surface area (Å²) in [5.41, 5.74) is -0.599. The zero-order chi connectivity index (χ0) is 27.4. The number of amides is 2. The van der Waals surface area contributed by atoms with Gasteiger partial charge in [0.15, 0.2) is 0 Å². The lowest BCUT2D eigenvalue weighted by atomic mass is 9.73. The Hall–Kier alpha value is -3.04. The average Bonchev–Trinajstić information content (AvgIpc) is 2.71. The Morgan fingerprint density at radius 1 is 0.857 bits per heavy atom. The minimum atomic E-state index is -1.91. The van der Waals surface area contributed by atoms with E-state index in [2.05, 4.69) is 23.8 Å². The van der Waals surface area contributed by atoms with Crippen LogP contribution in [0.3, 0.4) is 0 Å². The highest BCUT2D eigenvalue weighted by Crippen LogP contribution is 2.38. The van der Waals surface area contributed by atoms with E-state index in [0.717, 1.165) is 0 Å². The third kappa shape index (κ3) is 11.3. The molecule has 0 heterocycles. The van der Waals surface area contributed by atoms with Crippen LogP contribution in [0.15, 0.2) is 24.3 Å². The summed E-state index contributed by atoms with van der Waals surface area (Å²) >= 11 is 0. The molecule has 0 radical (unpaired) electrons. The molecule has 200 valence electrons. The number of ether oxygens (including phenoxy) is 4. The zero-order valence-electron chi connectivity index (χ0n) is 22.4. The summed E-state index contributed by atoms with van der Waals surface area (Å²) in [7, 11) is 0. The van der Waals surface area contributed by atoms with Crippen LogP contribution in [0.5, 0.6) is 0 Å². The van der Waals surface area contributed by atoms with Crippen molar-refractivity contribution in [3.63, 3.8) is 0 Å². The van der Waals surface area contributed by atoms with Gasteiger partial charge < -0.3 is 29.6 Å². The lowest BCUT2D eigenvalue weighted by Crippen LogP contribution is -2.62. The predicted molar refractivity (Wildman–Crippen MR) is 131 cm³/mol. The van der Waals surface area contributed by atoms with E-state index in [0.29, 0.717) is 19.4 Å². The molecule has 0 aliphatic heterocycles. The molecule has 35 heavy (non-hydrogen) atoms. The Bertz CT molecular complexity index is 762. The summed E-state index contributed by atoms with van der Waals surface area (Å²) in [4.78, 5) is 49.0. The standard InChI is InChI=1S/C25H42N2O8/c1-11-32-22(30)26-14-13-18(7)15-24(8,9)21(27-23(31)33-12-2)25(10,34-19(28)16(3)4)35-20(29)17(5)6/h18,21H,3,5,11-15H2,1-2,4,6-10H3,(H,26,30)(H,27,31). The molecule has 2 atom stereocenters. The minimum absolute atomic E-state index is 0.0522. The largest absolute Gasteiger partial charge is 0.450 e. The van der Waals surface area contributed by atoms with Crippen molar-refractivity contribution in [1.29, 1.82) is 0 Å². The second kappa shape index (κ2) is 14.4. The van der Waals surface area contributed by atoms with Crippen LogP contribution in [0.2, 0.25) is 0 Å². The van der Waals surface area contributed by atoms with Gasteiger partial charge in [0, 0.05) is 24.6 Å². The number of esters is 2. The molecule has 0 aliphatic rings. The van der Waals surface area contributed by atoms with Gasteiger partial charge in [-0.15, -0.1) is 0 Å². The van der Waals surface area contributed by atoms with E-state index in [1.165, 1.54) is 20.8 Å². The van der Waals surface area contributed by atoms with E-state index in [1.54, 1.807) is 13.8 Å². The number of hydrogen-bond donors (Lipinski definition) is 2. The van der Waals surface area contributed by atoms with Gasteiger partial charge >= 0.3 is 24.1 Å². The first-order valence-electron chi connectivity index (χ1n) is 11.7. The van der Waals surface area contributed by atoms with Crippen molar-refractivity contribution in [2.75, 3.05) is 19.8 Å². The van der Waals surface area contributed by atoms with Gasteiger partial charge in [0.05, 0.1) is 13.2 Å². The van der Waals surface area contributed by atoms with Crippen molar-refractivity contribution < 1.29 is 38.1 Å². The quantitative estimate of drug-likeness (QED) is 0.157. The molecule has 0 aliphatic carbocycles. The van der Waals surface area contributed by atoms with Gasteiger partial charge in [0.25, 0.3) is 5.79 Å².